The number of imidazole rings is 1. The summed E-state index contributed by atoms with van der Waals surface area (Å²) in [6.45, 7) is 0.625. The molecule has 1 saturated heterocycles. The lowest BCUT2D eigenvalue weighted by Crippen LogP contribution is -2.41. The number of anilines is 1. The Hall–Kier alpha value is -2.86. The van der Waals surface area contributed by atoms with Crippen molar-refractivity contribution in [3.05, 3.63) is 47.9 Å². The van der Waals surface area contributed by atoms with Crippen LogP contribution in [0.4, 0.5) is 19.1 Å². The van der Waals surface area contributed by atoms with Crippen molar-refractivity contribution in [2.45, 2.75) is 25.6 Å². The minimum Gasteiger partial charge on any atom is -0.467 e. The van der Waals surface area contributed by atoms with Gasteiger partial charge in [0.1, 0.15) is 5.76 Å². The molecule has 8 nitrogen and oxygen atoms in total. The average Bonchev–Trinajstić information content (AvgIpc) is 3.35. The van der Waals surface area contributed by atoms with Gasteiger partial charge in [-0.1, -0.05) is 0 Å². The Morgan fingerprint density at radius 1 is 1.25 bits per heavy atom. The lowest BCUT2D eigenvalue weighted by Gasteiger charge is -2.29. The predicted octanol–water partition coefficient (Wildman–Crippen LogP) is 3.31. The van der Waals surface area contributed by atoms with Gasteiger partial charge >= 0.3 is 6.18 Å². The van der Waals surface area contributed by atoms with Crippen molar-refractivity contribution in [1.82, 2.24) is 13.9 Å². The van der Waals surface area contributed by atoms with Crippen LogP contribution in [0.2, 0.25) is 0 Å². The number of piperidine rings is 1. The molecule has 2 aromatic heterocycles. The molecule has 12 heteroatoms. The number of hydrogen-bond donors (Lipinski definition) is 1. The second kappa shape index (κ2) is 8.24. The molecule has 0 bridgehead atoms. The molecule has 4 rings (SSSR count). The molecule has 1 aliphatic heterocycles. The summed E-state index contributed by atoms with van der Waals surface area (Å²) in [5, 5.41) is 2.72. The number of hydrogen-bond acceptors (Lipinski definition) is 5. The molecule has 3 heterocycles. The first-order valence-corrected chi connectivity index (χ1v) is 11.7. The second-order valence-corrected chi connectivity index (χ2v) is 9.71. The Labute approximate surface area is 182 Å². The molecule has 1 fully saturated rings. The average molecular weight is 470 g/mol. The summed E-state index contributed by atoms with van der Waals surface area (Å²) in [6.07, 6.45) is -1.23. The van der Waals surface area contributed by atoms with Crippen LogP contribution in [0.1, 0.15) is 24.2 Å². The number of fused-ring (bicyclic) bond motifs is 1. The Balaban J connectivity index is 1.61. The normalized spacial score (nSPS) is 16.5. The van der Waals surface area contributed by atoms with Crippen molar-refractivity contribution in [2.75, 3.05) is 24.7 Å². The zero-order valence-electron chi connectivity index (χ0n) is 17.1. The number of benzene rings is 1. The van der Waals surface area contributed by atoms with Gasteiger partial charge in [-0.2, -0.15) is 13.2 Å². The van der Waals surface area contributed by atoms with E-state index in [4.69, 9.17) is 4.42 Å². The maximum absolute atomic E-state index is 13.1. The highest BCUT2D eigenvalue weighted by Crippen LogP contribution is 2.32. The molecule has 172 valence electrons. The minimum atomic E-state index is -4.52. The zero-order chi connectivity index (χ0) is 23.1. The summed E-state index contributed by atoms with van der Waals surface area (Å²) in [5.74, 6) is -0.145. The van der Waals surface area contributed by atoms with Gasteiger partial charge in [-0.05, 0) is 43.2 Å². The zero-order valence-corrected chi connectivity index (χ0v) is 17.9. The van der Waals surface area contributed by atoms with Crippen LogP contribution in [-0.2, 0) is 27.5 Å². The van der Waals surface area contributed by atoms with Gasteiger partial charge in [-0.25, -0.2) is 17.7 Å². The van der Waals surface area contributed by atoms with Crippen LogP contribution >= 0.6 is 0 Å². The van der Waals surface area contributed by atoms with Gasteiger partial charge in [0.15, 0.2) is 0 Å². The van der Waals surface area contributed by atoms with Gasteiger partial charge in [0.2, 0.25) is 21.9 Å². The first-order valence-electron chi connectivity index (χ1n) is 9.88. The molecular formula is C20H21F3N4O4S. The third-order valence-corrected chi connectivity index (χ3v) is 6.80. The predicted molar refractivity (Wildman–Crippen MR) is 110 cm³/mol. The summed E-state index contributed by atoms with van der Waals surface area (Å²) in [6, 6.07) is 6.62. The Kier molecular flexibility index (Phi) is 5.76. The number of nitrogens with zero attached hydrogens (tertiary/aromatic N) is 3. The van der Waals surface area contributed by atoms with Crippen LogP contribution in [0.3, 0.4) is 0 Å². The summed E-state index contributed by atoms with van der Waals surface area (Å²) >= 11 is 0. The number of rotatable bonds is 5. The van der Waals surface area contributed by atoms with Gasteiger partial charge in [-0.3, -0.25) is 10.1 Å². The van der Waals surface area contributed by atoms with E-state index in [2.05, 4.69) is 10.3 Å². The van der Waals surface area contributed by atoms with Crippen molar-refractivity contribution >= 4 is 32.9 Å². The molecule has 0 saturated carbocycles. The fourth-order valence-electron chi connectivity index (χ4n) is 3.78. The third-order valence-electron chi connectivity index (χ3n) is 5.50. The number of carbonyl (C=O) groups is 1. The number of amides is 1. The van der Waals surface area contributed by atoms with Crippen molar-refractivity contribution in [3.63, 3.8) is 0 Å². The molecule has 1 aliphatic rings. The van der Waals surface area contributed by atoms with Crippen molar-refractivity contribution < 1.29 is 30.8 Å². The maximum atomic E-state index is 13.1. The van der Waals surface area contributed by atoms with E-state index in [-0.39, 0.29) is 37.0 Å². The third kappa shape index (κ3) is 4.65. The highest BCUT2D eigenvalue weighted by molar-refractivity contribution is 7.88. The molecule has 0 spiro atoms. The Morgan fingerprint density at radius 2 is 1.97 bits per heavy atom. The van der Waals surface area contributed by atoms with E-state index in [0.717, 1.165) is 18.4 Å². The van der Waals surface area contributed by atoms with Crippen LogP contribution in [0, 0.1) is 5.92 Å². The van der Waals surface area contributed by atoms with E-state index in [1.54, 1.807) is 16.7 Å². The number of nitrogens with one attached hydrogen (secondary N) is 1. The standard InChI is InChI=1S/C20H21F3N4O4S/c1-32(29,30)26-8-6-13(7-9-26)18(28)25-19-24-16-11-14(20(21,22)23)4-5-17(16)27(19)12-15-3-2-10-31-15/h2-5,10-11,13H,6-9,12H2,1H3,(H,24,25,28). The monoisotopic (exact) mass is 470 g/mol. The number of alkyl halides is 3. The topological polar surface area (TPSA) is 97.4 Å². The minimum absolute atomic E-state index is 0.0913. The Morgan fingerprint density at radius 3 is 2.56 bits per heavy atom. The summed E-state index contributed by atoms with van der Waals surface area (Å²) in [5.41, 5.74) is -0.330. The van der Waals surface area contributed by atoms with Gasteiger partial charge in [0.25, 0.3) is 0 Å². The largest absolute Gasteiger partial charge is 0.467 e. The SMILES string of the molecule is CS(=O)(=O)N1CCC(C(=O)Nc2nc3cc(C(F)(F)F)ccc3n2Cc2ccco2)CC1. The quantitative estimate of drug-likeness (QED) is 0.617. The van der Waals surface area contributed by atoms with Gasteiger partial charge in [0, 0.05) is 19.0 Å². The fourth-order valence-corrected chi connectivity index (χ4v) is 4.66. The molecule has 0 atom stereocenters. The molecular weight excluding hydrogens is 449 g/mol. The lowest BCUT2D eigenvalue weighted by atomic mass is 9.97. The second-order valence-electron chi connectivity index (χ2n) is 7.73. The molecule has 1 aromatic carbocycles. The Bertz CT molecular complexity index is 1230. The van der Waals surface area contributed by atoms with E-state index < -0.39 is 27.7 Å². The number of sulfonamides is 1. The number of aromatic nitrogens is 2. The number of carbonyl (C=O) groups excluding carboxylic acids is 1. The smallest absolute Gasteiger partial charge is 0.416 e. The van der Waals surface area contributed by atoms with Crippen LogP contribution < -0.4 is 5.32 Å². The number of furan rings is 1. The maximum Gasteiger partial charge on any atom is 0.416 e. The van der Waals surface area contributed by atoms with Crippen LogP contribution in [0.25, 0.3) is 11.0 Å². The van der Waals surface area contributed by atoms with Crippen LogP contribution in [-0.4, -0.2) is 47.5 Å². The molecule has 3 aromatic rings. The van der Waals surface area contributed by atoms with Crippen molar-refractivity contribution in [3.8, 4) is 0 Å². The molecule has 0 radical (unpaired) electrons. The van der Waals surface area contributed by atoms with Crippen LogP contribution in [0.5, 0.6) is 0 Å². The van der Waals surface area contributed by atoms with Gasteiger partial charge in [0.05, 0.1) is 35.7 Å². The first kappa shape index (κ1) is 22.3. The van der Waals surface area contributed by atoms with E-state index in [0.29, 0.717) is 24.1 Å². The first-order chi connectivity index (χ1) is 15.0. The van der Waals surface area contributed by atoms with E-state index in [1.807, 2.05) is 0 Å². The molecule has 0 aliphatic carbocycles. The molecule has 1 amide bonds. The summed E-state index contributed by atoms with van der Waals surface area (Å²) < 4.78 is 71.0. The molecule has 1 N–H and O–H groups in total. The molecule has 0 unspecified atom stereocenters. The van der Waals surface area contributed by atoms with E-state index in [9.17, 15) is 26.4 Å². The van der Waals surface area contributed by atoms with Crippen molar-refractivity contribution in [2.24, 2.45) is 5.92 Å². The van der Waals surface area contributed by atoms with Crippen molar-refractivity contribution in [1.29, 1.82) is 0 Å². The van der Waals surface area contributed by atoms with E-state index >= 15 is 0 Å². The summed E-state index contributed by atoms with van der Waals surface area (Å²) in [7, 11) is -3.32. The lowest BCUT2D eigenvalue weighted by molar-refractivity contribution is -0.137. The van der Waals surface area contributed by atoms with Gasteiger partial charge in [-0.15, -0.1) is 0 Å². The van der Waals surface area contributed by atoms with E-state index in [1.165, 1.54) is 16.6 Å². The highest BCUT2D eigenvalue weighted by Gasteiger charge is 2.32. The molecule has 32 heavy (non-hydrogen) atoms. The van der Waals surface area contributed by atoms with Gasteiger partial charge < -0.3 is 8.98 Å². The number of halogens is 3. The summed E-state index contributed by atoms with van der Waals surface area (Å²) in [4.78, 5) is 17.1. The fraction of sp³-hybridized carbons (Fsp3) is 0.400. The van der Waals surface area contributed by atoms with Crippen LogP contribution in [0.15, 0.2) is 41.0 Å². The highest BCUT2D eigenvalue weighted by atomic mass is 32.2.